The molecule has 0 heterocycles. The summed E-state index contributed by atoms with van der Waals surface area (Å²) in [7, 11) is 1.67. The van der Waals surface area contributed by atoms with E-state index in [2.05, 4.69) is 24.3 Å². The number of benzene rings is 4. The van der Waals surface area contributed by atoms with Crippen LogP contribution in [0.4, 0.5) is 0 Å². The normalized spacial score (nSPS) is 14.1. The van der Waals surface area contributed by atoms with Gasteiger partial charge < -0.3 is 14.2 Å². The summed E-state index contributed by atoms with van der Waals surface area (Å²) in [6.45, 7) is 0. The van der Waals surface area contributed by atoms with Gasteiger partial charge in [0.1, 0.15) is 23.4 Å². The predicted molar refractivity (Wildman–Crippen MR) is 149 cm³/mol. The van der Waals surface area contributed by atoms with E-state index in [9.17, 15) is 4.79 Å². The molecule has 188 valence electrons. The van der Waals surface area contributed by atoms with Gasteiger partial charge >= 0.3 is 5.97 Å². The summed E-state index contributed by atoms with van der Waals surface area (Å²) < 4.78 is 17.4. The largest absolute Gasteiger partial charge is 0.497 e. The van der Waals surface area contributed by atoms with Crippen LogP contribution in [0.1, 0.15) is 44.1 Å². The van der Waals surface area contributed by atoms with Crippen molar-refractivity contribution in [2.75, 3.05) is 7.11 Å². The first-order chi connectivity index (χ1) is 18.2. The van der Waals surface area contributed by atoms with Crippen molar-refractivity contribution in [3.63, 3.8) is 0 Å². The Hall–Kier alpha value is -4.05. The first-order valence-electron chi connectivity index (χ1n) is 13.0. The zero-order chi connectivity index (χ0) is 25.5. The molecule has 4 nitrogen and oxygen atoms in total. The summed E-state index contributed by atoms with van der Waals surface area (Å²) in [4.78, 5) is 12.2. The van der Waals surface area contributed by atoms with Crippen molar-refractivity contribution in [2.24, 2.45) is 0 Å². The van der Waals surface area contributed by atoms with Crippen molar-refractivity contribution in [3.05, 3.63) is 96.6 Å². The van der Waals surface area contributed by atoms with E-state index in [0.29, 0.717) is 0 Å². The van der Waals surface area contributed by atoms with E-state index in [0.717, 1.165) is 70.4 Å². The lowest BCUT2D eigenvalue weighted by atomic mass is 9.98. The van der Waals surface area contributed by atoms with Crippen LogP contribution in [0.15, 0.2) is 91.0 Å². The number of fused-ring (bicyclic) bond motifs is 1. The van der Waals surface area contributed by atoms with Crippen LogP contribution in [-0.4, -0.2) is 19.2 Å². The molecule has 5 rings (SSSR count). The molecular formula is C33H32O4. The predicted octanol–water partition coefficient (Wildman–Crippen LogP) is 8.59. The van der Waals surface area contributed by atoms with Crippen molar-refractivity contribution in [1.29, 1.82) is 0 Å². The van der Waals surface area contributed by atoms with E-state index in [1.54, 1.807) is 7.11 Å². The van der Waals surface area contributed by atoms with E-state index >= 15 is 0 Å². The number of hydrogen-bond donors (Lipinski definition) is 0. The maximum atomic E-state index is 12.2. The number of esters is 1. The van der Waals surface area contributed by atoms with Gasteiger partial charge in [-0.25, -0.2) is 0 Å². The summed E-state index contributed by atoms with van der Waals surface area (Å²) in [5.41, 5.74) is 3.08. The fraction of sp³-hybridized carbons (Fsp3) is 0.242. The van der Waals surface area contributed by atoms with Gasteiger partial charge in [-0.15, -0.1) is 0 Å². The van der Waals surface area contributed by atoms with Crippen molar-refractivity contribution in [1.82, 2.24) is 0 Å². The molecule has 4 heteroatoms. The van der Waals surface area contributed by atoms with Gasteiger partial charge in [0.05, 0.1) is 13.5 Å². The maximum absolute atomic E-state index is 12.2. The number of methoxy groups -OCH3 is 1. The molecule has 4 aromatic carbocycles. The Bertz CT molecular complexity index is 1360. The van der Waals surface area contributed by atoms with Crippen molar-refractivity contribution in [2.45, 2.75) is 44.6 Å². The second kappa shape index (κ2) is 11.8. The highest BCUT2D eigenvalue weighted by molar-refractivity contribution is 5.95. The highest BCUT2D eigenvalue weighted by atomic mass is 16.5. The minimum atomic E-state index is -0.148. The Morgan fingerprint density at radius 2 is 1.57 bits per heavy atom. The van der Waals surface area contributed by atoms with Crippen LogP contribution < -0.4 is 9.47 Å². The molecule has 0 spiro atoms. The molecule has 0 bridgehead atoms. The summed E-state index contributed by atoms with van der Waals surface area (Å²) >= 11 is 0. The van der Waals surface area contributed by atoms with E-state index < -0.39 is 0 Å². The van der Waals surface area contributed by atoms with E-state index in [-0.39, 0.29) is 18.5 Å². The van der Waals surface area contributed by atoms with Crippen molar-refractivity contribution >= 4 is 22.8 Å². The smallest absolute Gasteiger partial charge is 0.309 e. The van der Waals surface area contributed by atoms with Crippen LogP contribution in [0.25, 0.3) is 28.0 Å². The molecule has 0 saturated heterocycles. The Balaban J connectivity index is 1.31. The quantitative estimate of drug-likeness (QED) is 0.231. The number of ether oxygens (including phenoxy) is 3. The molecule has 0 atom stereocenters. The lowest BCUT2D eigenvalue weighted by Gasteiger charge is -2.21. The lowest BCUT2D eigenvalue weighted by molar-refractivity contribution is -0.149. The van der Waals surface area contributed by atoms with Gasteiger partial charge in [-0.2, -0.15) is 0 Å². The maximum Gasteiger partial charge on any atom is 0.309 e. The molecule has 1 saturated carbocycles. The third-order valence-corrected chi connectivity index (χ3v) is 6.83. The SMILES string of the molecule is COc1ccc(-c2ccc3ccccc3c2Oc2ccc(C=CCC(=O)OC3CCCCC3)cc2)cc1. The number of carbonyl (C=O) groups is 1. The Kier molecular flexibility index (Phi) is 7.85. The fourth-order valence-electron chi connectivity index (χ4n) is 4.82. The highest BCUT2D eigenvalue weighted by Gasteiger charge is 2.17. The van der Waals surface area contributed by atoms with Gasteiger partial charge in [0.2, 0.25) is 0 Å². The van der Waals surface area contributed by atoms with Gasteiger partial charge in [-0.3, -0.25) is 4.79 Å². The summed E-state index contributed by atoms with van der Waals surface area (Å²) in [5, 5.41) is 2.17. The van der Waals surface area contributed by atoms with Crippen LogP contribution >= 0.6 is 0 Å². The molecular weight excluding hydrogens is 460 g/mol. The molecule has 0 unspecified atom stereocenters. The van der Waals surface area contributed by atoms with Crippen molar-refractivity contribution in [3.8, 4) is 28.4 Å². The molecule has 0 N–H and O–H groups in total. The van der Waals surface area contributed by atoms with Gasteiger partial charge in [0, 0.05) is 10.9 Å². The summed E-state index contributed by atoms with van der Waals surface area (Å²) in [6, 6.07) is 28.4. The number of rotatable bonds is 8. The molecule has 0 amide bonds. The standard InChI is InChI=1S/C33H32O4/c1-35-27-21-16-26(17-22-27)31-23-18-25-9-5-6-12-30(25)33(31)37-29-19-14-24(15-20-29)8-7-13-32(34)36-28-10-3-2-4-11-28/h5-9,12,14-23,28H,2-4,10-11,13H2,1H3. The molecule has 4 aromatic rings. The van der Waals surface area contributed by atoms with Crippen molar-refractivity contribution < 1.29 is 19.0 Å². The average molecular weight is 493 g/mol. The Morgan fingerprint density at radius 3 is 2.32 bits per heavy atom. The monoisotopic (exact) mass is 492 g/mol. The van der Waals surface area contributed by atoms with Gasteiger partial charge in [0.15, 0.2) is 0 Å². The van der Waals surface area contributed by atoms with Crippen LogP contribution in [0.2, 0.25) is 0 Å². The molecule has 37 heavy (non-hydrogen) atoms. The first-order valence-corrected chi connectivity index (χ1v) is 13.0. The number of hydrogen-bond acceptors (Lipinski definition) is 4. The van der Waals surface area contributed by atoms with E-state index in [4.69, 9.17) is 14.2 Å². The molecule has 0 aromatic heterocycles. The minimum absolute atomic E-state index is 0.1000. The van der Waals surface area contributed by atoms with Gasteiger partial charge in [-0.05, 0) is 72.5 Å². The van der Waals surface area contributed by atoms with E-state index in [1.807, 2.05) is 72.8 Å². The Morgan fingerprint density at radius 1 is 0.838 bits per heavy atom. The molecule has 0 aliphatic heterocycles. The van der Waals surface area contributed by atoms with Crippen LogP contribution in [0, 0.1) is 0 Å². The lowest BCUT2D eigenvalue weighted by Crippen LogP contribution is -2.20. The first kappa shape index (κ1) is 24.6. The molecule has 1 fully saturated rings. The van der Waals surface area contributed by atoms with Crippen LogP contribution in [0.3, 0.4) is 0 Å². The minimum Gasteiger partial charge on any atom is -0.497 e. The zero-order valence-electron chi connectivity index (χ0n) is 21.2. The number of carbonyl (C=O) groups excluding carboxylic acids is 1. The fourth-order valence-corrected chi connectivity index (χ4v) is 4.82. The second-order valence-corrected chi connectivity index (χ2v) is 9.42. The molecule has 1 aliphatic carbocycles. The summed E-state index contributed by atoms with van der Waals surface area (Å²) in [6.07, 6.45) is 9.75. The third-order valence-electron chi connectivity index (χ3n) is 6.83. The highest BCUT2D eigenvalue weighted by Crippen LogP contribution is 2.40. The Labute approximate surface area is 218 Å². The summed E-state index contributed by atoms with van der Waals surface area (Å²) in [5.74, 6) is 2.24. The van der Waals surface area contributed by atoms with Crippen LogP contribution in [0.5, 0.6) is 17.2 Å². The second-order valence-electron chi connectivity index (χ2n) is 9.42. The zero-order valence-corrected chi connectivity index (χ0v) is 21.2. The average Bonchev–Trinajstić information content (AvgIpc) is 2.95. The van der Waals surface area contributed by atoms with Gasteiger partial charge in [0.25, 0.3) is 0 Å². The molecule has 1 aliphatic rings. The third kappa shape index (κ3) is 6.21. The molecule has 0 radical (unpaired) electrons. The van der Waals surface area contributed by atoms with Crippen LogP contribution in [-0.2, 0) is 9.53 Å². The topological polar surface area (TPSA) is 44.8 Å². The van der Waals surface area contributed by atoms with E-state index in [1.165, 1.54) is 6.42 Å². The van der Waals surface area contributed by atoms with Gasteiger partial charge in [-0.1, -0.05) is 73.2 Å².